The van der Waals surface area contributed by atoms with E-state index in [4.69, 9.17) is 21.1 Å². The summed E-state index contributed by atoms with van der Waals surface area (Å²) in [4.78, 5) is 22.5. The second-order valence-electron chi connectivity index (χ2n) is 4.44. The average Bonchev–Trinajstić information content (AvgIpc) is 2.55. The van der Waals surface area contributed by atoms with Crippen molar-refractivity contribution in [3.05, 3.63) is 57.1 Å². The van der Waals surface area contributed by atoms with Gasteiger partial charge in [0.05, 0.1) is 24.8 Å². The Bertz CT molecular complexity index is 764. The van der Waals surface area contributed by atoms with Gasteiger partial charge in [-0.25, -0.2) is 0 Å². The number of methoxy groups -OCH3 is 2. The van der Waals surface area contributed by atoms with Crippen LogP contribution in [0.1, 0.15) is 10.4 Å². The minimum Gasteiger partial charge on any atom is -0.497 e. The Morgan fingerprint density at radius 2 is 1.91 bits per heavy atom. The van der Waals surface area contributed by atoms with Gasteiger partial charge >= 0.3 is 0 Å². The van der Waals surface area contributed by atoms with Crippen LogP contribution in [-0.4, -0.2) is 25.1 Å². The number of carbonyl (C=O) groups is 1. The van der Waals surface area contributed by atoms with Crippen molar-refractivity contribution in [2.75, 3.05) is 19.5 Å². The van der Waals surface area contributed by atoms with Gasteiger partial charge in [0.1, 0.15) is 16.5 Å². The second kappa shape index (κ2) is 6.97. The predicted molar refractivity (Wildman–Crippen MR) is 85.6 cm³/mol. The molecule has 120 valence electrons. The zero-order chi connectivity index (χ0) is 17.0. The molecule has 2 rings (SSSR count). The van der Waals surface area contributed by atoms with Crippen molar-refractivity contribution < 1.29 is 19.2 Å². The monoisotopic (exact) mass is 336 g/mol. The van der Waals surface area contributed by atoms with Crippen LogP contribution in [0.3, 0.4) is 0 Å². The highest BCUT2D eigenvalue weighted by Crippen LogP contribution is 2.30. The molecule has 23 heavy (non-hydrogen) atoms. The van der Waals surface area contributed by atoms with Gasteiger partial charge in [-0.05, 0) is 24.3 Å². The highest BCUT2D eigenvalue weighted by Gasteiger charge is 2.17. The summed E-state index contributed by atoms with van der Waals surface area (Å²) in [5, 5.41) is 13.5. The van der Waals surface area contributed by atoms with E-state index in [0.717, 1.165) is 6.07 Å². The largest absolute Gasteiger partial charge is 0.497 e. The molecule has 2 aromatic carbocycles. The summed E-state index contributed by atoms with van der Waals surface area (Å²) in [5.74, 6) is 0.455. The second-order valence-corrected chi connectivity index (χ2v) is 4.85. The maximum atomic E-state index is 12.3. The lowest BCUT2D eigenvalue weighted by Gasteiger charge is -2.11. The first-order valence-electron chi connectivity index (χ1n) is 6.43. The minimum atomic E-state index is -0.646. The molecule has 0 heterocycles. The van der Waals surface area contributed by atoms with Crippen LogP contribution in [-0.2, 0) is 0 Å². The molecule has 8 heteroatoms. The normalized spacial score (nSPS) is 10.0. The van der Waals surface area contributed by atoms with E-state index in [9.17, 15) is 14.9 Å². The lowest BCUT2D eigenvalue weighted by Crippen LogP contribution is -2.13. The third-order valence-electron chi connectivity index (χ3n) is 3.06. The maximum Gasteiger partial charge on any atom is 0.288 e. The lowest BCUT2D eigenvalue weighted by molar-refractivity contribution is -0.384. The van der Waals surface area contributed by atoms with Gasteiger partial charge in [-0.2, -0.15) is 0 Å². The molecule has 2 aromatic rings. The van der Waals surface area contributed by atoms with Crippen LogP contribution in [0.5, 0.6) is 11.5 Å². The Kier molecular flexibility index (Phi) is 5.02. The van der Waals surface area contributed by atoms with E-state index in [1.807, 2.05) is 0 Å². The van der Waals surface area contributed by atoms with Crippen molar-refractivity contribution in [3.8, 4) is 11.5 Å². The van der Waals surface area contributed by atoms with Gasteiger partial charge in [0.2, 0.25) is 0 Å². The zero-order valence-electron chi connectivity index (χ0n) is 12.3. The van der Waals surface area contributed by atoms with Crippen LogP contribution in [0.25, 0.3) is 0 Å². The predicted octanol–water partition coefficient (Wildman–Crippen LogP) is 3.52. The Morgan fingerprint density at radius 3 is 2.52 bits per heavy atom. The molecule has 7 nitrogen and oxygen atoms in total. The number of anilines is 1. The number of rotatable bonds is 5. The minimum absolute atomic E-state index is 0.0337. The van der Waals surface area contributed by atoms with Crippen molar-refractivity contribution in [1.29, 1.82) is 0 Å². The van der Waals surface area contributed by atoms with E-state index in [1.54, 1.807) is 18.2 Å². The van der Waals surface area contributed by atoms with Crippen LogP contribution in [0, 0.1) is 10.1 Å². The summed E-state index contributed by atoms with van der Waals surface area (Å²) < 4.78 is 10.3. The van der Waals surface area contributed by atoms with Gasteiger partial charge < -0.3 is 14.8 Å². The summed E-state index contributed by atoms with van der Waals surface area (Å²) in [6.45, 7) is 0. The number of halogens is 1. The Labute approximate surface area is 136 Å². The van der Waals surface area contributed by atoms with Gasteiger partial charge in [0.25, 0.3) is 11.6 Å². The molecule has 0 atom stereocenters. The van der Waals surface area contributed by atoms with Gasteiger partial charge in [-0.15, -0.1) is 0 Å². The molecular weight excluding hydrogens is 324 g/mol. The number of nitrogens with one attached hydrogen (secondary N) is 1. The molecule has 0 saturated heterocycles. The molecule has 0 aliphatic carbocycles. The molecule has 0 aliphatic heterocycles. The first-order chi connectivity index (χ1) is 11.0. The molecule has 0 unspecified atom stereocenters. The molecule has 0 aromatic heterocycles. The van der Waals surface area contributed by atoms with Gasteiger partial charge in [0.15, 0.2) is 0 Å². The molecular formula is C15H13ClN2O5. The number of carbonyl (C=O) groups excluding carboxylic acids is 1. The summed E-state index contributed by atoms with van der Waals surface area (Å²) in [5.41, 5.74) is 0.191. The average molecular weight is 337 g/mol. The van der Waals surface area contributed by atoms with Crippen LogP contribution < -0.4 is 14.8 Å². The molecule has 1 N–H and O–H groups in total. The topological polar surface area (TPSA) is 90.7 Å². The zero-order valence-corrected chi connectivity index (χ0v) is 13.1. The number of benzene rings is 2. The molecule has 1 amide bonds. The quantitative estimate of drug-likeness (QED) is 0.666. The fourth-order valence-electron chi connectivity index (χ4n) is 1.89. The fourth-order valence-corrected chi connectivity index (χ4v) is 2.08. The van der Waals surface area contributed by atoms with E-state index in [1.165, 1.54) is 26.4 Å². The molecule has 0 aliphatic rings. The Balaban J connectivity index is 2.29. The van der Waals surface area contributed by atoms with Crippen molar-refractivity contribution in [1.82, 2.24) is 0 Å². The molecule has 0 radical (unpaired) electrons. The lowest BCUT2D eigenvalue weighted by atomic mass is 10.1. The van der Waals surface area contributed by atoms with Crippen molar-refractivity contribution in [2.45, 2.75) is 0 Å². The fraction of sp³-hybridized carbons (Fsp3) is 0.133. The van der Waals surface area contributed by atoms with Gasteiger partial charge in [-0.1, -0.05) is 11.6 Å². The maximum absolute atomic E-state index is 12.3. The van der Waals surface area contributed by atoms with Crippen LogP contribution in [0.4, 0.5) is 11.4 Å². The van der Waals surface area contributed by atoms with E-state index in [-0.39, 0.29) is 16.3 Å². The molecule has 0 fully saturated rings. The van der Waals surface area contributed by atoms with Crippen LogP contribution in [0.2, 0.25) is 5.02 Å². The van der Waals surface area contributed by atoms with Gasteiger partial charge in [0, 0.05) is 17.7 Å². The van der Waals surface area contributed by atoms with Crippen LogP contribution in [0.15, 0.2) is 36.4 Å². The van der Waals surface area contributed by atoms with E-state index >= 15 is 0 Å². The highest BCUT2D eigenvalue weighted by molar-refractivity contribution is 6.32. The summed E-state index contributed by atoms with van der Waals surface area (Å²) in [6, 6.07) is 8.70. The number of nitro benzene ring substituents is 1. The third kappa shape index (κ3) is 3.70. The standard InChI is InChI=1S/C15H13ClN2O5/c1-22-10-4-6-12(14(8-10)23-2)17-15(19)9-3-5-11(16)13(7-9)18(20)21/h3-8H,1-2H3,(H,17,19). The third-order valence-corrected chi connectivity index (χ3v) is 3.38. The van der Waals surface area contributed by atoms with Crippen molar-refractivity contribution in [2.24, 2.45) is 0 Å². The SMILES string of the molecule is COc1ccc(NC(=O)c2ccc(Cl)c([N+](=O)[O-])c2)c(OC)c1. The molecule has 0 bridgehead atoms. The van der Waals surface area contributed by atoms with E-state index in [2.05, 4.69) is 5.32 Å². The smallest absolute Gasteiger partial charge is 0.288 e. The number of amides is 1. The van der Waals surface area contributed by atoms with Crippen molar-refractivity contribution >= 4 is 28.9 Å². The number of nitrogens with zero attached hydrogens (tertiary/aromatic N) is 1. The summed E-state index contributed by atoms with van der Waals surface area (Å²) in [6.07, 6.45) is 0. The van der Waals surface area contributed by atoms with E-state index in [0.29, 0.717) is 17.2 Å². The van der Waals surface area contributed by atoms with E-state index < -0.39 is 10.8 Å². The van der Waals surface area contributed by atoms with Gasteiger partial charge in [-0.3, -0.25) is 14.9 Å². The summed E-state index contributed by atoms with van der Waals surface area (Å²) in [7, 11) is 2.97. The Hall–Kier alpha value is -2.80. The molecule has 0 saturated carbocycles. The Morgan fingerprint density at radius 1 is 1.17 bits per heavy atom. The summed E-state index contributed by atoms with van der Waals surface area (Å²) >= 11 is 5.73. The van der Waals surface area contributed by atoms with Crippen LogP contribution >= 0.6 is 11.6 Å². The first kappa shape index (κ1) is 16.6. The number of nitro groups is 1. The number of hydrogen-bond donors (Lipinski definition) is 1. The number of ether oxygens (including phenoxy) is 2. The number of hydrogen-bond acceptors (Lipinski definition) is 5. The molecule has 0 spiro atoms. The highest BCUT2D eigenvalue weighted by atomic mass is 35.5. The first-order valence-corrected chi connectivity index (χ1v) is 6.81. The van der Waals surface area contributed by atoms with Crippen molar-refractivity contribution in [3.63, 3.8) is 0 Å².